The summed E-state index contributed by atoms with van der Waals surface area (Å²) in [5.41, 5.74) is 9.31. The number of halogens is 1. The first-order valence-electron chi connectivity index (χ1n) is 8.47. The Morgan fingerprint density at radius 1 is 1.38 bits per heavy atom. The third-order valence-electron chi connectivity index (χ3n) is 4.28. The molecule has 0 unspecified atom stereocenters. The lowest BCUT2D eigenvalue weighted by atomic mass is 10.2. The molecular weight excluding hydrogens is 322 g/mol. The third-order valence-corrected chi connectivity index (χ3v) is 4.52. The summed E-state index contributed by atoms with van der Waals surface area (Å²) >= 11 is 6.25. The van der Waals surface area contributed by atoms with Crippen LogP contribution in [0.3, 0.4) is 0 Å². The predicted molar refractivity (Wildman–Crippen MR) is 98.5 cm³/mol. The Kier molecular flexibility index (Phi) is 5.33. The normalized spacial score (nSPS) is 18.1. The molecule has 5 nitrogen and oxygen atoms in total. The maximum atomic E-state index is 6.25. The predicted octanol–water partition coefficient (Wildman–Crippen LogP) is 3.48. The van der Waals surface area contributed by atoms with Crippen LogP contribution >= 0.6 is 11.6 Å². The molecule has 0 radical (unpaired) electrons. The molecule has 2 N–H and O–H groups in total. The summed E-state index contributed by atoms with van der Waals surface area (Å²) in [5, 5.41) is 5.00. The molecule has 2 heterocycles. The first-order chi connectivity index (χ1) is 11.6. The second kappa shape index (κ2) is 7.47. The van der Waals surface area contributed by atoms with E-state index in [4.69, 9.17) is 22.3 Å². The molecule has 1 atom stereocenters. The van der Waals surface area contributed by atoms with Crippen molar-refractivity contribution in [2.75, 3.05) is 18.1 Å². The van der Waals surface area contributed by atoms with E-state index in [-0.39, 0.29) is 6.04 Å². The maximum Gasteiger partial charge on any atom is 0.245 e. The molecule has 0 amide bonds. The van der Waals surface area contributed by atoms with E-state index in [9.17, 15) is 0 Å². The molecule has 6 heteroatoms. The molecule has 1 fully saturated rings. The van der Waals surface area contributed by atoms with Crippen molar-refractivity contribution in [1.82, 2.24) is 15.0 Å². The van der Waals surface area contributed by atoms with Gasteiger partial charge in [-0.05, 0) is 43.5 Å². The minimum absolute atomic E-state index is 0.172. The fraction of sp³-hybridized carbons (Fsp3) is 0.444. The molecule has 1 aliphatic rings. The monoisotopic (exact) mass is 345 g/mol. The molecule has 0 bridgehead atoms. The lowest BCUT2D eigenvalue weighted by molar-refractivity contribution is 0.334. The second-order valence-electron chi connectivity index (χ2n) is 6.30. The van der Waals surface area contributed by atoms with Gasteiger partial charge in [-0.25, -0.2) is 20.0 Å². The van der Waals surface area contributed by atoms with Crippen LogP contribution in [0.2, 0.25) is 5.02 Å². The summed E-state index contributed by atoms with van der Waals surface area (Å²) in [7, 11) is 0. The number of anilines is 2. The Labute approximate surface area is 148 Å². The number of rotatable bonds is 5. The molecule has 1 aromatic heterocycles. The SMILES string of the molecule is CCCc1ccnc(N(c2cc(Cl)ccc2C)N2CC[C@H](N)C2)n1. The molecule has 0 aliphatic carbocycles. The van der Waals surface area contributed by atoms with Crippen LogP contribution in [0.5, 0.6) is 0 Å². The van der Waals surface area contributed by atoms with Gasteiger partial charge in [0.15, 0.2) is 0 Å². The number of aryl methyl sites for hydroxylation is 2. The quantitative estimate of drug-likeness (QED) is 0.899. The molecule has 1 aliphatic heterocycles. The smallest absolute Gasteiger partial charge is 0.245 e. The number of hydrogen-bond donors (Lipinski definition) is 1. The van der Waals surface area contributed by atoms with Crippen LogP contribution in [-0.2, 0) is 6.42 Å². The van der Waals surface area contributed by atoms with Crippen LogP contribution in [0.25, 0.3) is 0 Å². The zero-order valence-corrected chi connectivity index (χ0v) is 15.0. The van der Waals surface area contributed by atoms with E-state index in [1.807, 2.05) is 30.5 Å². The van der Waals surface area contributed by atoms with E-state index in [1.54, 1.807) is 0 Å². The van der Waals surface area contributed by atoms with Crippen LogP contribution < -0.4 is 10.7 Å². The summed E-state index contributed by atoms with van der Waals surface area (Å²) in [5.74, 6) is 0.681. The van der Waals surface area contributed by atoms with E-state index in [1.165, 1.54) is 0 Å². The van der Waals surface area contributed by atoms with Crippen molar-refractivity contribution < 1.29 is 0 Å². The molecule has 3 rings (SSSR count). The Bertz CT molecular complexity index is 706. The lowest BCUT2D eigenvalue weighted by Crippen LogP contribution is -2.40. The van der Waals surface area contributed by atoms with Gasteiger partial charge in [0.2, 0.25) is 5.95 Å². The van der Waals surface area contributed by atoms with Crippen molar-refractivity contribution in [3.8, 4) is 0 Å². The van der Waals surface area contributed by atoms with Crippen molar-refractivity contribution in [2.45, 2.75) is 39.2 Å². The highest BCUT2D eigenvalue weighted by Gasteiger charge is 2.28. The topological polar surface area (TPSA) is 58.3 Å². The van der Waals surface area contributed by atoms with Crippen LogP contribution in [0, 0.1) is 6.92 Å². The summed E-state index contributed by atoms with van der Waals surface area (Å²) in [6.07, 6.45) is 4.79. The first kappa shape index (κ1) is 17.1. The molecule has 24 heavy (non-hydrogen) atoms. The maximum absolute atomic E-state index is 6.25. The highest BCUT2D eigenvalue weighted by atomic mass is 35.5. The minimum atomic E-state index is 0.172. The molecule has 0 spiro atoms. The Balaban J connectivity index is 2.05. The average molecular weight is 346 g/mol. The Morgan fingerprint density at radius 3 is 2.92 bits per heavy atom. The standard InChI is InChI=1S/C18H24ClN5/c1-3-4-16-7-9-21-18(22-16)24(23-10-8-15(20)12-23)17-11-14(19)6-5-13(17)2/h5-7,9,11,15H,3-4,8,10,12,20H2,1-2H3/t15-/m0/s1. The van der Waals surface area contributed by atoms with E-state index in [2.05, 4.69) is 28.8 Å². The van der Waals surface area contributed by atoms with Crippen LogP contribution in [0.1, 0.15) is 31.0 Å². The highest BCUT2D eigenvalue weighted by Crippen LogP contribution is 2.32. The summed E-state index contributed by atoms with van der Waals surface area (Å²) in [6, 6.07) is 8.05. The van der Waals surface area contributed by atoms with Crippen molar-refractivity contribution in [3.63, 3.8) is 0 Å². The van der Waals surface area contributed by atoms with Crippen molar-refractivity contribution in [2.24, 2.45) is 5.73 Å². The number of hydrazine groups is 1. The number of nitrogens with two attached hydrogens (primary N) is 1. The van der Waals surface area contributed by atoms with E-state index < -0.39 is 0 Å². The molecular formula is C18H24ClN5. The van der Waals surface area contributed by atoms with Gasteiger partial charge in [-0.2, -0.15) is 0 Å². The molecule has 0 saturated carbocycles. The minimum Gasteiger partial charge on any atom is -0.326 e. The van der Waals surface area contributed by atoms with E-state index in [0.717, 1.165) is 49.3 Å². The molecule has 2 aromatic rings. The van der Waals surface area contributed by atoms with Crippen LogP contribution in [0.15, 0.2) is 30.5 Å². The van der Waals surface area contributed by atoms with Gasteiger partial charge >= 0.3 is 0 Å². The highest BCUT2D eigenvalue weighted by molar-refractivity contribution is 6.30. The van der Waals surface area contributed by atoms with Gasteiger partial charge in [-0.3, -0.25) is 0 Å². The van der Waals surface area contributed by atoms with Gasteiger partial charge in [0.25, 0.3) is 0 Å². The van der Waals surface area contributed by atoms with E-state index >= 15 is 0 Å². The lowest BCUT2D eigenvalue weighted by Gasteiger charge is -2.33. The Morgan fingerprint density at radius 2 is 2.21 bits per heavy atom. The van der Waals surface area contributed by atoms with Gasteiger partial charge in [-0.1, -0.05) is 31.0 Å². The first-order valence-corrected chi connectivity index (χ1v) is 8.85. The van der Waals surface area contributed by atoms with Crippen LogP contribution in [0.4, 0.5) is 11.6 Å². The van der Waals surface area contributed by atoms with Crippen molar-refractivity contribution in [1.29, 1.82) is 0 Å². The number of benzene rings is 1. The zero-order chi connectivity index (χ0) is 17.1. The van der Waals surface area contributed by atoms with E-state index in [0.29, 0.717) is 11.0 Å². The Hall–Kier alpha value is -1.69. The molecule has 1 aromatic carbocycles. The molecule has 1 saturated heterocycles. The fourth-order valence-electron chi connectivity index (χ4n) is 3.03. The van der Waals surface area contributed by atoms with Crippen molar-refractivity contribution >= 4 is 23.2 Å². The molecule has 128 valence electrons. The second-order valence-corrected chi connectivity index (χ2v) is 6.74. The van der Waals surface area contributed by atoms with Crippen molar-refractivity contribution in [3.05, 3.63) is 46.7 Å². The fourth-order valence-corrected chi connectivity index (χ4v) is 3.20. The summed E-state index contributed by atoms with van der Waals surface area (Å²) in [6.45, 7) is 5.90. The van der Waals surface area contributed by atoms with Gasteiger partial charge in [0, 0.05) is 36.0 Å². The number of nitrogens with zero attached hydrogens (tertiary/aromatic N) is 4. The largest absolute Gasteiger partial charge is 0.326 e. The van der Waals surface area contributed by atoms with Crippen LogP contribution in [-0.4, -0.2) is 34.1 Å². The third kappa shape index (κ3) is 3.69. The van der Waals surface area contributed by atoms with Gasteiger partial charge in [0.1, 0.15) is 0 Å². The zero-order valence-electron chi connectivity index (χ0n) is 14.2. The average Bonchev–Trinajstić information content (AvgIpc) is 2.98. The summed E-state index contributed by atoms with van der Waals surface area (Å²) < 4.78 is 0. The number of aromatic nitrogens is 2. The number of hydrogen-bond acceptors (Lipinski definition) is 5. The van der Waals surface area contributed by atoms with Gasteiger partial charge in [-0.15, -0.1) is 0 Å². The van der Waals surface area contributed by atoms with Gasteiger partial charge < -0.3 is 5.73 Å². The van der Waals surface area contributed by atoms with Gasteiger partial charge in [0.05, 0.1) is 5.69 Å². The summed E-state index contributed by atoms with van der Waals surface area (Å²) in [4.78, 5) is 9.30.